The van der Waals surface area contributed by atoms with Crippen LogP contribution in [0.1, 0.15) is 22.4 Å². The van der Waals surface area contributed by atoms with Crippen LogP contribution in [0.4, 0.5) is 9.52 Å². The number of halogens is 1. The Bertz CT molecular complexity index is 984. The van der Waals surface area contributed by atoms with E-state index in [1.54, 1.807) is 19.4 Å². The minimum Gasteiger partial charge on any atom is -0.497 e. The van der Waals surface area contributed by atoms with Crippen LogP contribution in [0.15, 0.2) is 52.9 Å². The van der Waals surface area contributed by atoms with Crippen LogP contribution in [-0.4, -0.2) is 18.3 Å². The van der Waals surface area contributed by atoms with Crippen molar-refractivity contribution in [1.29, 1.82) is 0 Å². The minimum atomic E-state index is -0.343. The Morgan fingerprint density at radius 2 is 2.00 bits per heavy atom. The van der Waals surface area contributed by atoms with Crippen molar-refractivity contribution in [2.75, 3.05) is 12.5 Å². The molecule has 0 spiro atoms. The van der Waals surface area contributed by atoms with Crippen molar-refractivity contribution in [1.82, 2.24) is 4.98 Å². The van der Waals surface area contributed by atoms with Crippen molar-refractivity contribution in [3.8, 4) is 17.6 Å². The Morgan fingerprint density at radius 3 is 2.69 bits per heavy atom. The summed E-state index contributed by atoms with van der Waals surface area (Å²) < 4.78 is 18.7. The van der Waals surface area contributed by atoms with Gasteiger partial charge in [-0.25, -0.2) is 9.37 Å². The van der Waals surface area contributed by atoms with Gasteiger partial charge in [0.1, 0.15) is 11.6 Å². The number of nitrogens with one attached hydrogen (secondary N) is 1. The third-order valence-electron chi connectivity index (χ3n) is 3.43. The van der Waals surface area contributed by atoms with Gasteiger partial charge in [-0.3, -0.25) is 5.43 Å². The lowest BCUT2D eigenvalue weighted by atomic mass is 10.1. The van der Waals surface area contributed by atoms with E-state index in [-0.39, 0.29) is 5.82 Å². The van der Waals surface area contributed by atoms with E-state index in [2.05, 4.69) is 27.4 Å². The highest BCUT2D eigenvalue weighted by molar-refractivity contribution is 7.13. The van der Waals surface area contributed by atoms with Crippen LogP contribution in [0.2, 0.25) is 0 Å². The number of aryl methyl sites for hydroxylation is 1. The maximum absolute atomic E-state index is 13.6. The molecule has 26 heavy (non-hydrogen) atoms. The smallest absolute Gasteiger partial charge is 0.203 e. The summed E-state index contributed by atoms with van der Waals surface area (Å²) in [6.07, 6.45) is 1.61. The molecule has 1 N–H and O–H groups in total. The Balaban J connectivity index is 1.80. The Morgan fingerprint density at radius 1 is 1.19 bits per heavy atom. The van der Waals surface area contributed by atoms with Gasteiger partial charge in [0.25, 0.3) is 0 Å². The van der Waals surface area contributed by atoms with Gasteiger partial charge in [0.2, 0.25) is 5.13 Å². The first-order chi connectivity index (χ1) is 12.6. The second-order valence-electron chi connectivity index (χ2n) is 5.37. The van der Waals surface area contributed by atoms with Crippen LogP contribution in [0, 0.1) is 24.6 Å². The molecule has 0 atom stereocenters. The number of hydrazone groups is 1. The molecule has 0 amide bonds. The van der Waals surface area contributed by atoms with Crippen molar-refractivity contribution < 1.29 is 9.13 Å². The number of nitrogens with zero attached hydrogens (tertiary/aromatic N) is 2. The lowest BCUT2D eigenvalue weighted by Crippen LogP contribution is -1.94. The maximum atomic E-state index is 13.6. The number of ether oxygens (including phenoxy) is 1. The zero-order chi connectivity index (χ0) is 18.4. The average Bonchev–Trinajstić information content (AvgIpc) is 3.07. The maximum Gasteiger partial charge on any atom is 0.203 e. The van der Waals surface area contributed by atoms with Gasteiger partial charge in [0.15, 0.2) is 0 Å². The Labute approximate surface area is 155 Å². The van der Waals surface area contributed by atoms with Gasteiger partial charge < -0.3 is 4.74 Å². The SMILES string of the molecule is COc1ccc(C#Cc2cc(F)ccc2C=NNc2nc(C)cs2)cc1. The summed E-state index contributed by atoms with van der Waals surface area (Å²) in [4.78, 5) is 4.26. The first kappa shape index (κ1) is 17.6. The first-order valence-electron chi connectivity index (χ1n) is 7.81. The number of methoxy groups -OCH3 is 1. The normalized spacial score (nSPS) is 10.4. The fourth-order valence-corrected chi connectivity index (χ4v) is 2.76. The number of rotatable bonds is 4. The average molecular weight is 365 g/mol. The summed E-state index contributed by atoms with van der Waals surface area (Å²) in [6.45, 7) is 1.91. The summed E-state index contributed by atoms with van der Waals surface area (Å²) in [6, 6.07) is 11.8. The van der Waals surface area contributed by atoms with Crippen LogP contribution < -0.4 is 10.2 Å². The molecule has 0 bridgehead atoms. The van der Waals surface area contributed by atoms with E-state index in [0.29, 0.717) is 16.3 Å². The number of thiazole rings is 1. The summed E-state index contributed by atoms with van der Waals surface area (Å²) in [5, 5.41) is 6.79. The highest BCUT2D eigenvalue weighted by Crippen LogP contribution is 2.15. The quantitative estimate of drug-likeness (QED) is 0.422. The first-order valence-corrected chi connectivity index (χ1v) is 8.69. The lowest BCUT2D eigenvalue weighted by Gasteiger charge is -2.00. The zero-order valence-electron chi connectivity index (χ0n) is 14.3. The van der Waals surface area contributed by atoms with Gasteiger partial charge in [-0.1, -0.05) is 11.8 Å². The molecule has 2 aromatic carbocycles. The van der Waals surface area contributed by atoms with Gasteiger partial charge in [0.05, 0.1) is 19.0 Å². The molecule has 0 unspecified atom stereocenters. The van der Waals surface area contributed by atoms with E-state index in [4.69, 9.17) is 4.74 Å². The van der Waals surface area contributed by atoms with E-state index in [1.807, 2.05) is 36.6 Å². The van der Waals surface area contributed by atoms with Crippen molar-refractivity contribution in [2.24, 2.45) is 5.10 Å². The highest BCUT2D eigenvalue weighted by Gasteiger charge is 2.01. The molecular formula is C20H16FN3OS. The fourth-order valence-electron chi connectivity index (χ4n) is 2.13. The van der Waals surface area contributed by atoms with Crippen LogP contribution >= 0.6 is 11.3 Å². The summed E-state index contributed by atoms with van der Waals surface area (Å²) in [5.74, 6) is 6.44. The van der Waals surface area contributed by atoms with Crippen molar-refractivity contribution in [2.45, 2.75) is 6.92 Å². The minimum absolute atomic E-state index is 0.343. The lowest BCUT2D eigenvalue weighted by molar-refractivity contribution is 0.415. The molecule has 0 aliphatic heterocycles. The largest absolute Gasteiger partial charge is 0.497 e. The second kappa shape index (κ2) is 8.28. The van der Waals surface area contributed by atoms with Crippen molar-refractivity contribution in [3.05, 3.63) is 76.0 Å². The molecule has 0 fully saturated rings. The van der Waals surface area contributed by atoms with Crippen LogP contribution in [-0.2, 0) is 0 Å². The predicted molar refractivity (Wildman–Crippen MR) is 103 cm³/mol. The van der Waals surface area contributed by atoms with Gasteiger partial charge >= 0.3 is 0 Å². The number of hydrogen-bond acceptors (Lipinski definition) is 5. The molecule has 130 valence electrons. The summed E-state index contributed by atoms with van der Waals surface area (Å²) in [7, 11) is 1.61. The molecule has 0 saturated carbocycles. The van der Waals surface area contributed by atoms with E-state index in [0.717, 1.165) is 17.0 Å². The summed E-state index contributed by atoms with van der Waals surface area (Å²) >= 11 is 1.47. The molecule has 1 aromatic heterocycles. The second-order valence-corrected chi connectivity index (χ2v) is 6.23. The number of anilines is 1. The van der Waals surface area contributed by atoms with E-state index in [1.165, 1.54) is 23.5 Å². The predicted octanol–water partition coefficient (Wildman–Crippen LogP) is 4.45. The monoisotopic (exact) mass is 365 g/mol. The number of aromatic nitrogens is 1. The van der Waals surface area contributed by atoms with Gasteiger partial charge in [-0.15, -0.1) is 11.3 Å². The molecule has 4 nitrogen and oxygen atoms in total. The standard InChI is InChI=1S/C20H16FN3OS/c1-14-13-26-20(23-14)24-22-12-17-7-8-18(21)11-16(17)6-3-15-4-9-19(25-2)10-5-15/h4-5,7-13H,1-2H3,(H,23,24). The third-order valence-corrected chi connectivity index (χ3v) is 4.29. The Hall–Kier alpha value is -3.17. The van der Waals surface area contributed by atoms with Crippen LogP contribution in [0.25, 0.3) is 0 Å². The molecule has 0 aliphatic rings. The molecule has 1 heterocycles. The zero-order valence-corrected chi connectivity index (χ0v) is 15.1. The van der Waals surface area contributed by atoms with Gasteiger partial charge in [-0.05, 0) is 49.4 Å². The molecule has 0 saturated heterocycles. The van der Waals surface area contributed by atoms with E-state index >= 15 is 0 Å². The number of hydrogen-bond donors (Lipinski definition) is 1. The molecule has 3 aromatic rings. The number of benzene rings is 2. The topological polar surface area (TPSA) is 46.5 Å². The molecule has 6 heteroatoms. The molecular weight excluding hydrogens is 349 g/mol. The van der Waals surface area contributed by atoms with E-state index in [9.17, 15) is 4.39 Å². The fraction of sp³-hybridized carbons (Fsp3) is 0.100. The third kappa shape index (κ3) is 4.68. The van der Waals surface area contributed by atoms with Crippen molar-refractivity contribution >= 4 is 22.7 Å². The van der Waals surface area contributed by atoms with E-state index < -0.39 is 0 Å². The molecule has 0 radical (unpaired) electrons. The van der Waals surface area contributed by atoms with Gasteiger partial charge in [0, 0.05) is 22.1 Å². The van der Waals surface area contributed by atoms with Crippen molar-refractivity contribution in [3.63, 3.8) is 0 Å². The Kier molecular flexibility index (Phi) is 5.62. The highest BCUT2D eigenvalue weighted by atomic mass is 32.1. The van der Waals surface area contributed by atoms with Crippen LogP contribution in [0.5, 0.6) is 5.75 Å². The summed E-state index contributed by atoms with van der Waals surface area (Å²) in [5.41, 5.74) is 5.88. The molecule has 3 rings (SSSR count). The van der Waals surface area contributed by atoms with Crippen LogP contribution in [0.3, 0.4) is 0 Å². The van der Waals surface area contributed by atoms with Gasteiger partial charge in [-0.2, -0.15) is 5.10 Å². The molecule has 0 aliphatic carbocycles.